The van der Waals surface area contributed by atoms with Crippen LogP contribution in [0.25, 0.3) is 5.70 Å². The number of rotatable bonds is 7. The molecule has 0 unspecified atom stereocenters. The van der Waals surface area contributed by atoms with Crippen molar-refractivity contribution in [3.8, 4) is 0 Å². The van der Waals surface area contributed by atoms with Crippen LogP contribution in [0, 0.1) is 0 Å². The fraction of sp³-hybridized carbons (Fsp3) is 0.357. The predicted molar refractivity (Wildman–Crippen MR) is 69.6 cm³/mol. The first-order chi connectivity index (χ1) is 8.24. The Morgan fingerprint density at radius 2 is 2.00 bits per heavy atom. The van der Waals surface area contributed by atoms with E-state index in [1.165, 1.54) is 6.08 Å². The van der Waals surface area contributed by atoms with Gasteiger partial charge in [-0.15, -0.1) is 0 Å². The number of aliphatic carboxylic acids is 1. The molecule has 1 aromatic rings. The Labute approximate surface area is 102 Å². The second-order valence-electron chi connectivity index (χ2n) is 3.90. The van der Waals surface area contributed by atoms with Crippen molar-refractivity contribution in [3.05, 3.63) is 42.0 Å². The van der Waals surface area contributed by atoms with Crippen LogP contribution in [-0.2, 0) is 4.79 Å². The van der Waals surface area contributed by atoms with Crippen LogP contribution in [0.4, 0.5) is 0 Å². The van der Waals surface area contributed by atoms with Gasteiger partial charge in [-0.2, -0.15) is 0 Å². The number of carboxylic acids is 1. The molecule has 0 bridgehead atoms. The molecule has 2 N–H and O–H groups in total. The average Bonchev–Trinajstić information content (AvgIpc) is 2.34. The zero-order chi connectivity index (χ0) is 12.5. The maximum Gasteiger partial charge on any atom is 0.330 e. The van der Waals surface area contributed by atoms with Gasteiger partial charge in [0.15, 0.2) is 0 Å². The van der Waals surface area contributed by atoms with Gasteiger partial charge in [0, 0.05) is 18.3 Å². The number of nitrogens with one attached hydrogen (secondary N) is 1. The van der Waals surface area contributed by atoms with Gasteiger partial charge in [0.1, 0.15) is 0 Å². The minimum Gasteiger partial charge on any atom is -0.478 e. The number of benzene rings is 1. The van der Waals surface area contributed by atoms with E-state index in [1.54, 1.807) is 0 Å². The molecule has 0 aliphatic heterocycles. The predicted octanol–water partition coefficient (Wildman–Crippen LogP) is 2.89. The highest BCUT2D eigenvalue weighted by Crippen LogP contribution is 2.10. The third kappa shape index (κ3) is 5.20. The van der Waals surface area contributed by atoms with Gasteiger partial charge in [-0.05, 0) is 12.0 Å². The summed E-state index contributed by atoms with van der Waals surface area (Å²) in [6, 6.07) is 9.53. The average molecular weight is 233 g/mol. The lowest BCUT2D eigenvalue weighted by molar-refractivity contribution is -0.131. The van der Waals surface area contributed by atoms with E-state index in [1.807, 2.05) is 30.3 Å². The van der Waals surface area contributed by atoms with E-state index >= 15 is 0 Å². The quantitative estimate of drug-likeness (QED) is 0.562. The van der Waals surface area contributed by atoms with Crippen LogP contribution >= 0.6 is 0 Å². The summed E-state index contributed by atoms with van der Waals surface area (Å²) < 4.78 is 0. The molecular formula is C14H19NO2. The minimum absolute atomic E-state index is 0.675. The molecule has 0 fully saturated rings. The van der Waals surface area contributed by atoms with Crippen molar-refractivity contribution in [2.75, 3.05) is 6.54 Å². The first kappa shape index (κ1) is 13.3. The molecule has 0 radical (unpaired) electrons. The molecule has 3 heteroatoms. The van der Waals surface area contributed by atoms with Crippen LogP contribution in [0.1, 0.15) is 31.7 Å². The lowest BCUT2D eigenvalue weighted by Crippen LogP contribution is -2.15. The maximum atomic E-state index is 10.8. The Morgan fingerprint density at radius 1 is 1.29 bits per heavy atom. The summed E-state index contributed by atoms with van der Waals surface area (Å²) in [5, 5.41) is 12.0. The summed E-state index contributed by atoms with van der Waals surface area (Å²) >= 11 is 0. The number of carbonyl (C=O) groups is 1. The molecule has 0 saturated heterocycles. The van der Waals surface area contributed by atoms with Crippen LogP contribution in [0.2, 0.25) is 0 Å². The van der Waals surface area contributed by atoms with Gasteiger partial charge in [-0.25, -0.2) is 4.79 Å². The van der Waals surface area contributed by atoms with Crippen LogP contribution in [0.5, 0.6) is 0 Å². The molecule has 0 saturated carbocycles. The van der Waals surface area contributed by atoms with Crippen molar-refractivity contribution in [1.82, 2.24) is 5.32 Å². The lowest BCUT2D eigenvalue weighted by atomic mass is 10.1. The number of hydrogen-bond donors (Lipinski definition) is 2. The number of hydrogen-bond acceptors (Lipinski definition) is 2. The van der Waals surface area contributed by atoms with Crippen LogP contribution in [0.15, 0.2) is 36.4 Å². The Balaban J connectivity index is 2.66. The molecule has 0 aromatic heterocycles. The van der Waals surface area contributed by atoms with Crippen molar-refractivity contribution < 1.29 is 9.90 Å². The number of carboxylic acid groups (broad SMARTS) is 1. The highest BCUT2D eigenvalue weighted by Gasteiger charge is 2.02. The Bertz CT molecular complexity index is 371. The third-order valence-electron chi connectivity index (χ3n) is 2.45. The summed E-state index contributed by atoms with van der Waals surface area (Å²) in [6.07, 6.45) is 4.59. The zero-order valence-corrected chi connectivity index (χ0v) is 10.1. The van der Waals surface area contributed by atoms with Crippen molar-refractivity contribution in [3.63, 3.8) is 0 Å². The summed E-state index contributed by atoms with van der Waals surface area (Å²) in [5.74, 6) is -0.924. The molecule has 0 aliphatic carbocycles. The first-order valence-corrected chi connectivity index (χ1v) is 5.98. The second-order valence-corrected chi connectivity index (χ2v) is 3.90. The van der Waals surface area contributed by atoms with Crippen molar-refractivity contribution in [1.29, 1.82) is 0 Å². The smallest absolute Gasteiger partial charge is 0.330 e. The normalized spacial score (nSPS) is 11.2. The SMILES string of the molecule is CCCCCN/C(=C\C(=O)O)c1ccccc1. The van der Waals surface area contributed by atoms with Gasteiger partial charge in [-0.1, -0.05) is 50.1 Å². The first-order valence-electron chi connectivity index (χ1n) is 5.98. The summed E-state index contributed by atoms with van der Waals surface area (Å²) in [6.45, 7) is 2.95. The molecule has 0 atom stereocenters. The second kappa shape index (κ2) is 7.49. The minimum atomic E-state index is -0.924. The van der Waals surface area contributed by atoms with E-state index in [9.17, 15) is 4.79 Å². The van der Waals surface area contributed by atoms with E-state index in [4.69, 9.17) is 5.11 Å². The molecule has 92 valence electrons. The monoisotopic (exact) mass is 233 g/mol. The fourth-order valence-corrected chi connectivity index (χ4v) is 1.58. The van der Waals surface area contributed by atoms with Gasteiger partial charge in [0.2, 0.25) is 0 Å². The summed E-state index contributed by atoms with van der Waals surface area (Å²) in [4.78, 5) is 10.8. The zero-order valence-electron chi connectivity index (χ0n) is 10.1. The fourth-order valence-electron chi connectivity index (χ4n) is 1.58. The molecule has 1 rings (SSSR count). The molecule has 0 amide bonds. The molecule has 0 spiro atoms. The standard InChI is InChI=1S/C14H19NO2/c1-2-3-7-10-15-13(11-14(16)17)12-8-5-4-6-9-12/h4-6,8-9,11,15H,2-3,7,10H2,1H3,(H,16,17)/b13-11-. The molecule has 0 aliphatic rings. The van der Waals surface area contributed by atoms with E-state index in [-0.39, 0.29) is 0 Å². The Morgan fingerprint density at radius 3 is 2.59 bits per heavy atom. The molecular weight excluding hydrogens is 214 g/mol. The Hall–Kier alpha value is -1.77. The highest BCUT2D eigenvalue weighted by atomic mass is 16.4. The van der Waals surface area contributed by atoms with Crippen LogP contribution < -0.4 is 5.32 Å². The van der Waals surface area contributed by atoms with Gasteiger partial charge >= 0.3 is 5.97 Å². The van der Waals surface area contributed by atoms with E-state index < -0.39 is 5.97 Å². The summed E-state index contributed by atoms with van der Waals surface area (Å²) in [7, 11) is 0. The van der Waals surface area contributed by atoms with Crippen LogP contribution in [-0.4, -0.2) is 17.6 Å². The van der Waals surface area contributed by atoms with Gasteiger partial charge in [-0.3, -0.25) is 0 Å². The molecule has 1 aromatic carbocycles. The lowest BCUT2D eigenvalue weighted by Gasteiger charge is -2.10. The van der Waals surface area contributed by atoms with Gasteiger partial charge in [0.05, 0.1) is 0 Å². The van der Waals surface area contributed by atoms with Crippen molar-refractivity contribution >= 4 is 11.7 Å². The van der Waals surface area contributed by atoms with Gasteiger partial charge < -0.3 is 10.4 Å². The largest absolute Gasteiger partial charge is 0.478 e. The van der Waals surface area contributed by atoms with E-state index in [0.717, 1.165) is 31.4 Å². The maximum absolute atomic E-state index is 10.8. The third-order valence-corrected chi connectivity index (χ3v) is 2.45. The van der Waals surface area contributed by atoms with E-state index in [2.05, 4.69) is 12.2 Å². The Kier molecular flexibility index (Phi) is 5.86. The molecule has 3 nitrogen and oxygen atoms in total. The number of unbranched alkanes of at least 4 members (excludes halogenated alkanes) is 2. The van der Waals surface area contributed by atoms with Crippen molar-refractivity contribution in [2.24, 2.45) is 0 Å². The van der Waals surface area contributed by atoms with Gasteiger partial charge in [0.25, 0.3) is 0 Å². The molecule has 17 heavy (non-hydrogen) atoms. The van der Waals surface area contributed by atoms with Crippen LogP contribution in [0.3, 0.4) is 0 Å². The van der Waals surface area contributed by atoms with E-state index in [0.29, 0.717) is 5.70 Å². The topological polar surface area (TPSA) is 49.3 Å². The summed E-state index contributed by atoms with van der Waals surface area (Å²) in [5.41, 5.74) is 1.58. The molecule has 0 heterocycles. The highest BCUT2D eigenvalue weighted by molar-refractivity contribution is 5.89. The van der Waals surface area contributed by atoms with Crippen molar-refractivity contribution in [2.45, 2.75) is 26.2 Å².